The lowest BCUT2D eigenvalue weighted by molar-refractivity contribution is 0.281. The number of hydrogen-bond donors (Lipinski definition) is 1. The summed E-state index contributed by atoms with van der Waals surface area (Å²) in [6, 6.07) is 18.9. The molecule has 0 heterocycles. The second-order valence-corrected chi connectivity index (χ2v) is 4.39. The Balaban J connectivity index is 2.32. The minimum Gasteiger partial charge on any atom is -0.396 e. The molecule has 17 heavy (non-hydrogen) atoms. The minimum absolute atomic E-state index is 0.216. The summed E-state index contributed by atoms with van der Waals surface area (Å²) in [5, 5.41) is 9.21. The van der Waals surface area contributed by atoms with Crippen LogP contribution in [0.2, 0.25) is 0 Å². The van der Waals surface area contributed by atoms with Crippen LogP contribution in [0.25, 0.3) is 0 Å². The molecule has 0 radical (unpaired) electrons. The van der Waals surface area contributed by atoms with E-state index in [2.05, 4.69) is 43.3 Å². The van der Waals surface area contributed by atoms with Crippen molar-refractivity contribution in [3.63, 3.8) is 0 Å². The number of benzene rings is 2. The van der Waals surface area contributed by atoms with E-state index in [0.29, 0.717) is 5.92 Å². The average Bonchev–Trinajstić information content (AvgIpc) is 2.38. The van der Waals surface area contributed by atoms with Crippen LogP contribution in [0.4, 0.5) is 0 Å². The van der Waals surface area contributed by atoms with Gasteiger partial charge in [0, 0.05) is 12.5 Å². The molecule has 1 heteroatoms. The van der Waals surface area contributed by atoms with E-state index in [1.807, 2.05) is 18.2 Å². The highest BCUT2D eigenvalue weighted by atomic mass is 16.3. The van der Waals surface area contributed by atoms with Gasteiger partial charge in [0.1, 0.15) is 0 Å². The van der Waals surface area contributed by atoms with Crippen molar-refractivity contribution in [2.75, 3.05) is 6.61 Å². The Morgan fingerprint density at radius 1 is 0.882 bits per heavy atom. The van der Waals surface area contributed by atoms with Gasteiger partial charge in [0.2, 0.25) is 0 Å². The molecule has 1 atom stereocenters. The van der Waals surface area contributed by atoms with Crippen molar-refractivity contribution >= 4 is 0 Å². The number of aliphatic hydroxyl groups is 1. The first-order valence-electron chi connectivity index (χ1n) is 6.03. The Hall–Kier alpha value is -1.60. The predicted molar refractivity (Wildman–Crippen MR) is 71.2 cm³/mol. The van der Waals surface area contributed by atoms with E-state index in [1.165, 1.54) is 16.7 Å². The van der Waals surface area contributed by atoms with Crippen LogP contribution in [-0.2, 0) is 0 Å². The van der Waals surface area contributed by atoms with E-state index in [4.69, 9.17) is 0 Å². The van der Waals surface area contributed by atoms with Crippen LogP contribution in [0.1, 0.15) is 29.0 Å². The van der Waals surface area contributed by atoms with Crippen LogP contribution in [-0.4, -0.2) is 11.7 Å². The maximum atomic E-state index is 9.21. The maximum Gasteiger partial charge on any atom is 0.0440 e. The molecule has 2 rings (SSSR count). The van der Waals surface area contributed by atoms with Gasteiger partial charge in [-0.15, -0.1) is 0 Å². The second kappa shape index (κ2) is 5.65. The van der Waals surface area contributed by atoms with Crippen LogP contribution in [0.15, 0.2) is 54.6 Å². The highest BCUT2D eigenvalue weighted by molar-refractivity contribution is 5.33. The van der Waals surface area contributed by atoms with Gasteiger partial charge in [0.25, 0.3) is 0 Å². The number of rotatable bonds is 4. The van der Waals surface area contributed by atoms with E-state index in [-0.39, 0.29) is 6.61 Å². The standard InChI is InChI=1S/C16H18O/c1-13-7-9-15(10-8-13)16(11-12-17)14-5-3-2-4-6-14/h2-10,16-17H,11-12H2,1H3. The fourth-order valence-electron chi connectivity index (χ4n) is 2.14. The third-order valence-electron chi connectivity index (χ3n) is 3.10. The first kappa shape index (κ1) is 11.9. The molecule has 0 aromatic heterocycles. The summed E-state index contributed by atoms with van der Waals surface area (Å²) in [7, 11) is 0. The maximum absolute atomic E-state index is 9.21. The van der Waals surface area contributed by atoms with Gasteiger partial charge in [-0.25, -0.2) is 0 Å². The molecular formula is C16H18O. The Labute approximate surface area is 103 Å². The Morgan fingerprint density at radius 3 is 2.06 bits per heavy atom. The molecule has 1 unspecified atom stereocenters. The van der Waals surface area contributed by atoms with Crippen molar-refractivity contribution in [1.82, 2.24) is 0 Å². The number of aryl methyl sites for hydroxylation is 1. The van der Waals surface area contributed by atoms with E-state index >= 15 is 0 Å². The van der Waals surface area contributed by atoms with E-state index in [0.717, 1.165) is 6.42 Å². The van der Waals surface area contributed by atoms with Gasteiger partial charge < -0.3 is 5.11 Å². The molecule has 0 saturated carbocycles. The first-order valence-corrected chi connectivity index (χ1v) is 6.03. The van der Waals surface area contributed by atoms with Crippen LogP contribution < -0.4 is 0 Å². The predicted octanol–water partition coefficient (Wildman–Crippen LogP) is 3.51. The fourth-order valence-corrected chi connectivity index (χ4v) is 2.14. The zero-order valence-corrected chi connectivity index (χ0v) is 10.1. The summed E-state index contributed by atoms with van der Waals surface area (Å²) >= 11 is 0. The number of aliphatic hydroxyl groups excluding tert-OH is 1. The Bertz CT molecular complexity index is 445. The Morgan fingerprint density at radius 2 is 1.47 bits per heavy atom. The van der Waals surface area contributed by atoms with Gasteiger partial charge in [-0.1, -0.05) is 60.2 Å². The Kier molecular flexibility index (Phi) is 3.94. The molecule has 0 aliphatic carbocycles. The van der Waals surface area contributed by atoms with E-state index < -0.39 is 0 Å². The lowest BCUT2D eigenvalue weighted by Crippen LogP contribution is -2.03. The van der Waals surface area contributed by atoms with Gasteiger partial charge in [-0.05, 0) is 24.5 Å². The second-order valence-electron chi connectivity index (χ2n) is 4.39. The van der Waals surface area contributed by atoms with Gasteiger partial charge in [0.05, 0.1) is 0 Å². The van der Waals surface area contributed by atoms with Crippen molar-refractivity contribution in [3.05, 3.63) is 71.3 Å². The monoisotopic (exact) mass is 226 g/mol. The third-order valence-corrected chi connectivity index (χ3v) is 3.10. The zero-order chi connectivity index (χ0) is 12.1. The molecule has 2 aromatic rings. The van der Waals surface area contributed by atoms with Gasteiger partial charge >= 0.3 is 0 Å². The molecule has 0 aliphatic heterocycles. The number of hydrogen-bond acceptors (Lipinski definition) is 1. The molecule has 0 saturated heterocycles. The van der Waals surface area contributed by atoms with Gasteiger partial charge in [-0.3, -0.25) is 0 Å². The summed E-state index contributed by atoms with van der Waals surface area (Å²) < 4.78 is 0. The average molecular weight is 226 g/mol. The molecule has 88 valence electrons. The summed E-state index contributed by atoms with van der Waals surface area (Å²) in [4.78, 5) is 0. The normalized spacial score (nSPS) is 12.4. The van der Waals surface area contributed by atoms with Crippen LogP contribution in [0.5, 0.6) is 0 Å². The SMILES string of the molecule is Cc1ccc(C(CCO)c2ccccc2)cc1. The first-order chi connectivity index (χ1) is 8.31. The fraction of sp³-hybridized carbons (Fsp3) is 0.250. The van der Waals surface area contributed by atoms with E-state index in [9.17, 15) is 5.11 Å². The van der Waals surface area contributed by atoms with Crippen molar-refractivity contribution in [1.29, 1.82) is 0 Å². The topological polar surface area (TPSA) is 20.2 Å². The lowest BCUT2D eigenvalue weighted by atomic mass is 9.88. The van der Waals surface area contributed by atoms with Crippen molar-refractivity contribution in [2.45, 2.75) is 19.3 Å². The largest absolute Gasteiger partial charge is 0.396 e. The molecule has 0 aliphatic rings. The molecular weight excluding hydrogens is 208 g/mol. The molecule has 0 spiro atoms. The highest BCUT2D eigenvalue weighted by Crippen LogP contribution is 2.27. The van der Waals surface area contributed by atoms with Crippen molar-refractivity contribution in [3.8, 4) is 0 Å². The lowest BCUT2D eigenvalue weighted by Gasteiger charge is -2.17. The highest BCUT2D eigenvalue weighted by Gasteiger charge is 2.12. The summed E-state index contributed by atoms with van der Waals surface area (Å²) in [6.45, 7) is 2.31. The molecule has 1 nitrogen and oxygen atoms in total. The minimum atomic E-state index is 0.216. The molecule has 0 amide bonds. The van der Waals surface area contributed by atoms with E-state index in [1.54, 1.807) is 0 Å². The zero-order valence-electron chi connectivity index (χ0n) is 10.1. The van der Waals surface area contributed by atoms with Crippen LogP contribution >= 0.6 is 0 Å². The summed E-state index contributed by atoms with van der Waals surface area (Å²) in [6.07, 6.45) is 0.771. The van der Waals surface area contributed by atoms with Crippen molar-refractivity contribution in [2.24, 2.45) is 0 Å². The third kappa shape index (κ3) is 2.95. The summed E-state index contributed by atoms with van der Waals surface area (Å²) in [5.41, 5.74) is 3.81. The molecule has 0 fully saturated rings. The van der Waals surface area contributed by atoms with Crippen LogP contribution in [0.3, 0.4) is 0 Å². The molecule has 0 bridgehead atoms. The van der Waals surface area contributed by atoms with Crippen molar-refractivity contribution < 1.29 is 5.11 Å². The quantitative estimate of drug-likeness (QED) is 0.845. The van der Waals surface area contributed by atoms with Gasteiger partial charge in [-0.2, -0.15) is 0 Å². The van der Waals surface area contributed by atoms with Crippen LogP contribution in [0, 0.1) is 6.92 Å². The summed E-state index contributed by atoms with van der Waals surface area (Å²) in [5.74, 6) is 0.293. The molecule has 2 aromatic carbocycles. The molecule has 1 N–H and O–H groups in total. The smallest absolute Gasteiger partial charge is 0.0440 e. The van der Waals surface area contributed by atoms with Gasteiger partial charge in [0.15, 0.2) is 0 Å².